The largest absolute Gasteiger partial charge is 0.434 e. The maximum absolute atomic E-state index is 12.7. The van der Waals surface area contributed by atoms with E-state index in [9.17, 15) is 22.0 Å². The highest BCUT2D eigenvalue weighted by Gasteiger charge is 2.46. The van der Waals surface area contributed by atoms with Crippen LogP contribution in [0.1, 0.15) is 31.1 Å². The fraction of sp³-hybridized carbons (Fsp3) is 0.588. The van der Waals surface area contributed by atoms with E-state index in [1.54, 1.807) is 6.92 Å². The predicted octanol–water partition coefficient (Wildman–Crippen LogP) is 2.03. The SMILES string of the molecule is CCOC1O[C@@H](C(c2ccccc2OC(F)F)S(C)(=O)=O)C(=O)N[C@H]1CC. The first-order valence-electron chi connectivity index (χ1n) is 8.49. The summed E-state index contributed by atoms with van der Waals surface area (Å²) in [7, 11) is -3.94. The van der Waals surface area contributed by atoms with Crippen molar-refractivity contribution in [2.45, 2.75) is 50.6 Å². The number of carbonyl (C=O) groups excluding carboxylic acids is 1. The Kier molecular flexibility index (Phi) is 7.12. The maximum atomic E-state index is 12.7. The van der Waals surface area contributed by atoms with Crippen molar-refractivity contribution in [2.75, 3.05) is 12.9 Å². The summed E-state index contributed by atoms with van der Waals surface area (Å²) in [6, 6.07) is 5.00. The van der Waals surface area contributed by atoms with Gasteiger partial charge in [-0.15, -0.1) is 0 Å². The first-order chi connectivity index (χ1) is 12.7. The van der Waals surface area contributed by atoms with E-state index in [2.05, 4.69) is 10.1 Å². The zero-order valence-electron chi connectivity index (χ0n) is 15.2. The minimum atomic E-state index is -3.94. The number of halogens is 2. The van der Waals surface area contributed by atoms with Gasteiger partial charge in [-0.05, 0) is 19.4 Å². The molecular weight excluding hydrogens is 384 g/mol. The summed E-state index contributed by atoms with van der Waals surface area (Å²) < 4.78 is 66.1. The molecule has 1 amide bonds. The lowest BCUT2D eigenvalue weighted by atomic mass is 10.0. The average molecular weight is 407 g/mol. The molecule has 1 aromatic carbocycles. The third-order valence-corrected chi connectivity index (χ3v) is 5.57. The fourth-order valence-electron chi connectivity index (χ4n) is 2.99. The highest BCUT2D eigenvalue weighted by molar-refractivity contribution is 7.91. The number of amides is 1. The summed E-state index contributed by atoms with van der Waals surface area (Å²) >= 11 is 0. The Labute approximate surface area is 156 Å². The van der Waals surface area contributed by atoms with Crippen molar-refractivity contribution in [3.63, 3.8) is 0 Å². The summed E-state index contributed by atoms with van der Waals surface area (Å²) in [5.74, 6) is -0.982. The van der Waals surface area contributed by atoms with E-state index < -0.39 is 46.0 Å². The summed E-state index contributed by atoms with van der Waals surface area (Å²) in [5, 5.41) is 1.16. The zero-order valence-corrected chi connectivity index (χ0v) is 16.0. The van der Waals surface area contributed by atoms with Crippen LogP contribution in [0.15, 0.2) is 24.3 Å². The molecule has 1 N–H and O–H groups in total. The van der Waals surface area contributed by atoms with E-state index >= 15 is 0 Å². The maximum Gasteiger partial charge on any atom is 0.387 e. The number of alkyl halides is 2. The molecule has 1 aromatic rings. The number of rotatable bonds is 8. The number of ether oxygens (including phenoxy) is 3. The number of sulfone groups is 1. The summed E-state index contributed by atoms with van der Waals surface area (Å²) in [6.07, 6.45) is -0.899. The molecule has 0 spiro atoms. The molecular formula is C17H23F2NO6S. The van der Waals surface area contributed by atoms with Crippen LogP contribution in [-0.2, 0) is 24.1 Å². The minimum Gasteiger partial charge on any atom is -0.434 e. The molecule has 1 aliphatic heterocycles. The first kappa shape index (κ1) is 21.5. The van der Waals surface area contributed by atoms with Crippen molar-refractivity contribution in [1.82, 2.24) is 5.32 Å². The second-order valence-electron chi connectivity index (χ2n) is 6.07. The molecule has 152 valence electrons. The molecule has 0 aliphatic carbocycles. The van der Waals surface area contributed by atoms with Gasteiger partial charge in [-0.25, -0.2) is 8.42 Å². The molecule has 7 nitrogen and oxygen atoms in total. The fourth-order valence-corrected chi connectivity index (χ4v) is 4.29. The predicted molar refractivity (Wildman–Crippen MR) is 93.2 cm³/mol. The van der Waals surface area contributed by atoms with E-state index in [0.717, 1.165) is 6.26 Å². The van der Waals surface area contributed by atoms with Crippen LogP contribution in [0.2, 0.25) is 0 Å². The molecule has 2 unspecified atom stereocenters. The highest BCUT2D eigenvalue weighted by atomic mass is 32.2. The van der Waals surface area contributed by atoms with Crippen molar-refractivity contribution < 1.29 is 36.2 Å². The lowest BCUT2D eigenvalue weighted by Crippen LogP contribution is -2.59. The monoisotopic (exact) mass is 407 g/mol. The molecule has 4 atom stereocenters. The molecule has 1 fully saturated rings. The Bertz CT molecular complexity index is 758. The first-order valence-corrected chi connectivity index (χ1v) is 10.4. The van der Waals surface area contributed by atoms with E-state index in [1.165, 1.54) is 24.3 Å². The highest BCUT2D eigenvalue weighted by Crippen LogP contribution is 2.37. The summed E-state index contributed by atoms with van der Waals surface area (Å²) in [5.41, 5.74) is -0.0781. The number of carbonyl (C=O) groups is 1. The number of hydrogen-bond donors (Lipinski definition) is 1. The van der Waals surface area contributed by atoms with Crippen molar-refractivity contribution >= 4 is 15.7 Å². The zero-order chi connectivity index (χ0) is 20.2. The van der Waals surface area contributed by atoms with Crippen molar-refractivity contribution in [2.24, 2.45) is 0 Å². The smallest absolute Gasteiger partial charge is 0.387 e. The van der Waals surface area contributed by atoms with Crippen LogP contribution in [0.3, 0.4) is 0 Å². The number of nitrogens with one attached hydrogen (secondary N) is 1. The normalized spacial score (nSPS) is 24.5. The Morgan fingerprint density at radius 2 is 1.93 bits per heavy atom. The van der Waals surface area contributed by atoms with Crippen LogP contribution in [0, 0.1) is 0 Å². The van der Waals surface area contributed by atoms with Gasteiger partial charge >= 0.3 is 6.61 Å². The average Bonchev–Trinajstić information content (AvgIpc) is 2.57. The van der Waals surface area contributed by atoms with E-state index in [1.807, 2.05) is 6.92 Å². The minimum absolute atomic E-state index is 0.0781. The van der Waals surface area contributed by atoms with Gasteiger partial charge in [0, 0.05) is 18.4 Å². The van der Waals surface area contributed by atoms with Crippen molar-refractivity contribution in [3.8, 4) is 5.75 Å². The second kappa shape index (κ2) is 8.94. The van der Waals surface area contributed by atoms with Crippen LogP contribution in [0.4, 0.5) is 8.78 Å². The van der Waals surface area contributed by atoms with Crippen LogP contribution in [-0.4, -0.2) is 52.2 Å². The third-order valence-electron chi connectivity index (χ3n) is 4.14. The van der Waals surface area contributed by atoms with E-state index in [-0.39, 0.29) is 11.3 Å². The summed E-state index contributed by atoms with van der Waals surface area (Å²) in [6.45, 7) is 0.702. The molecule has 0 bridgehead atoms. The number of benzene rings is 1. The quantitative estimate of drug-likeness (QED) is 0.709. The van der Waals surface area contributed by atoms with E-state index in [0.29, 0.717) is 13.0 Å². The van der Waals surface area contributed by atoms with Crippen LogP contribution < -0.4 is 10.1 Å². The van der Waals surface area contributed by atoms with Gasteiger partial charge in [-0.3, -0.25) is 4.79 Å². The molecule has 0 aromatic heterocycles. The second-order valence-corrected chi connectivity index (χ2v) is 8.24. The molecule has 10 heteroatoms. The van der Waals surface area contributed by atoms with Gasteiger partial charge in [-0.1, -0.05) is 25.1 Å². The van der Waals surface area contributed by atoms with Gasteiger partial charge in [0.15, 0.2) is 22.2 Å². The number of para-hydroxylation sites is 1. The van der Waals surface area contributed by atoms with Crippen LogP contribution >= 0.6 is 0 Å². The van der Waals surface area contributed by atoms with Gasteiger partial charge in [-0.2, -0.15) is 8.78 Å². The number of morpholine rings is 1. The van der Waals surface area contributed by atoms with Gasteiger partial charge < -0.3 is 19.5 Å². The Morgan fingerprint density at radius 3 is 2.48 bits per heavy atom. The molecule has 1 saturated heterocycles. The molecule has 0 saturated carbocycles. The van der Waals surface area contributed by atoms with Gasteiger partial charge in [0.25, 0.3) is 5.91 Å². The molecule has 1 aliphatic rings. The molecule has 27 heavy (non-hydrogen) atoms. The van der Waals surface area contributed by atoms with Crippen molar-refractivity contribution in [1.29, 1.82) is 0 Å². The molecule has 2 rings (SSSR count). The van der Waals surface area contributed by atoms with Crippen molar-refractivity contribution in [3.05, 3.63) is 29.8 Å². The van der Waals surface area contributed by atoms with Crippen LogP contribution in [0.25, 0.3) is 0 Å². The number of hydrogen-bond acceptors (Lipinski definition) is 6. The van der Waals surface area contributed by atoms with Gasteiger partial charge in [0.05, 0.1) is 6.04 Å². The molecule has 0 radical (unpaired) electrons. The standard InChI is InChI=1S/C17H23F2NO6S/c1-4-11-16(24-5-2)26-13(15(21)20-11)14(27(3,22)23)10-8-6-7-9-12(10)25-17(18)19/h6-9,11,13-14,16-17H,4-5H2,1-3H3,(H,20,21)/t11-,13-,14?,16?/m0/s1. The topological polar surface area (TPSA) is 90.9 Å². The summed E-state index contributed by atoms with van der Waals surface area (Å²) in [4.78, 5) is 12.6. The third kappa shape index (κ3) is 5.14. The molecule has 1 heterocycles. The lowest BCUT2D eigenvalue weighted by molar-refractivity contribution is -0.207. The Balaban J connectivity index is 2.47. The lowest BCUT2D eigenvalue weighted by Gasteiger charge is -2.38. The van der Waals surface area contributed by atoms with Crippen LogP contribution in [0.5, 0.6) is 5.75 Å². The Morgan fingerprint density at radius 1 is 1.26 bits per heavy atom. The van der Waals surface area contributed by atoms with Gasteiger partial charge in [0.1, 0.15) is 11.0 Å². The van der Waals surface area contributed by atoms with E-state index in [4.69, 9.17) is 9.47 Å². The Hall–Kier alpha value is -1.78. The van der Waals surface area contributed by atoms with Gasteiger partial charge in [0.2, 0.25) is 0 Å².